The number of amides is 1. The third-order valence-electron chi connectivity index (χ3n) is 5.49. The lowest BCUT2D eigenvalue weighted by Gasteiger charge is -2.31. The second kappa shape index (κ2) is 8.84. The molecule has 0 unspecified atom stereocenters. The van der Waals surface area contributed by atoms with E-state index in [-0.39, 0.29) is 21.4 Å². The number of ether oxygens (including phenoxy) is 1. The van der Waals surface area contributed by atoms with E-state index in [0.29, 0.717) is 24.4 Å². The van der Waals surface area contributed by atoms with Gasteiger partial charge in [-0.25, -0.2) is 8.42 Å². The first kappa shape index (κ1) is 22.2. The fraction of sp³-hybridized carbons (Fsp3) is 0.208. The lowest BCUT2D eigenvalue weighted by Crippen LogP contribution is -2.42. The van der Waals surface area contributed by atoms with E-state index < -0.39 is 21.3 Å². The van der Waals surface area contributed by atoms with Gasteiger partial charge in [0.05, 0.1) is 17.9 Å². The van der Waals surface area contributed by atoms with Gasteiger partial charge in [0.15, 0.2) is 15.6 Å². The molecule has 0 bridgehead atoms. The number of methoxy groups -OCH3 is 1. The fourth-order valence-electron chi connectivity index (χ4n) is 3.62. The Morgan fingerprint density at radius 3 is 2.41 bits per heavy atom. The highest BCUT2D eigenvalue weighted by Gasteiger charge is 2.28. The van der Waals surface area contributed by atoms with Gasteiger partial charge in [-0.3, -0.25) is 4.79 Å². The lowest BCUT2D eigenvalue weighted by molar-refractivity contribution is 0.0651. The summed E-state index contributed by atoms with van der Waals surface area (Å²) in [6, 6.07) is 17.4. The number of benzene rings is 3. The van der Waals surface area contributed by atoms with E-state index in [4.69, 9.17) is 16.3 Å². The number of carbonyl (C=O) groups is 1. The summed E-state index contributed by atoms with van der Waals surface area (Å²) in [5, 5.41) is 10.2. The molecule has 4 rings (SSSR count). The normalized spacial score (nSPS) is 13.5. The predicted molar refractivity (Wildman–Crippen MR) is 123 cm³/mol. The van der Waals surface area contributed by atoms with Gasteiger partial charge in [-0.2, -0.15) is 0 Å². The van der Waals surface area contributed by atoms with E-state index in [1.165, 1.54) is 19.2 Å². The van der Waals surface area contributed by atoms with Crippen LogP contribution in [0.1, 0.15) is 22.3 Å². The molecule has 1 aliphatic rings. The molecule has 0 saturated carbocycles. The molecule has 32 heavy (non-hydrogen) atoms. The third kappa shape index (κ3) is 4.31. The summed E-state index contributed by atoms with van der Waals surface area (Å²) in [7, 11) is -2.59. The van der Waals surface area contributed by atoms with E-state index in [0.717, 1.165) is 17.5 Å². The van der Waals surface area contributed by atoms with Crippen LogP contribution in [0.25, 0.3) is 11.1 Å². The number of carbonyl (C=O) groups excluding carboxylic acids is 1. The molecular weight excluding hydrogens is 450 g/mol. The minimum absolute atomic E-state index is 0.135. The van der Waals surface area contributed by atoms with Crippen molar-refractivity contribution in [2.24, 2.45) is 0 Å². The van der Waals surface area contributed by atoms with E-state index in [1.54, 1.807) is 17.0 Å². The standard InChI is InChI=1S/C24H22ClNO5S/c1-31-21-9-8-17(16-6-3-2-4-7-16)12-19(21)15-32(29,30)22-14-18(13-20(25)23(22)27)24(28)26-10-5-11-26/h2-4,6-9,12-14,27H,5,10-11,15H2,1H3. The van der Waals surface area contributed by atoms with Crippen LogP contribution < -0.4 is 4.74 Å². The van der Waals surface area contributed by atoms with Crippen LogP contribution in [0.15, 0.2) is 65.6 Å². The molecule has 0 radical (unpaired) electrons. The van der Waals surface area contributed by atoms with Crippen LogP contribution >= 0.6 is 11.6 Å². The van der Waals surface area contributed by atoms with Crippen LogP contribution in [0, 0.1) is 0 Å². The summed E-state index contributed by atoms with van der Waals surface area (Å²) < 4.78 is 32.0. The number of likely N-dealkylation sites (tertiary alicyclic amines) is 1. The molecule has 1 amide bonds. The number of rotatable bonds is 6. The van der Waals surface area contributed by atoms with Gasteiger partial charge in [-0.15, -0.1) is 0 Å². The van der Waals surface area contributed by atoms with Crippen molar-refractivity contribution in [1.29, 1.82) is 0 Å². The van der Waals surface area contributed by atoms with Crippen molar-refractivity contribution in [3.63, 3.8) is 0 Å². The van der Waals surface area contributed by atoms with Crippen LogP contribution in [0.2, 0.25) is 5.02 Å². The SMILES string of the molecule is COc1ccc(-c2ccccc2)cc1CS(=O)(=O)c1cc(C(=O)N2CCC2)cc(Cl)c1O. The van der Waals surface area contributed by atoms with Crippen molar-refractivity contribution < 1.29 is 23.1 Å². The Balaban J connectivity index is 1.73. The molecule has 0 spiro atoms. The van der Waals surface area contributed by atoms with Gasteiger partial charge in [-0.05, 0) is 41.8 Å². The first-order chi connectivity index (χ1) is 15.3. The maximum Gasteiger partial charge on any atom is 0.253 e. The number of phenolic OH excluding ortho intramolecular Hbond substituents is 1. The highest BCUT2D eigenvalue weighted by molar-refractivity contribution is 7.90. The van der Waals surface area contributed by atoms with Gasteiger partial charge in [0.1, 0.15) is 10.6 Å². The average Bonchev–Trinajstić information content (AvgIpc) is 2.74. The van der Waals surface area contributed by atoms with Crippen LogP contribution in [0.5, 0.6) is 11.5 Å². The summed E-state index contributed by atoms with van der Waals surface area (Å²) >= 11 is 6.09. The zero-order valence-electron chi connectivity index (χ0n) is 17.4. The maximum absolute atomic E-state index is 13.3. The number of hydrogen-bond donors (Lipinski definition) is 1. The number of sulfone groups is 1. The molecule has 3 aromatic rings. The zero-order chi connectivity index (χ0) is 22.9. The van der Waals surface area contributed by atoms with E-state index in [1.807, 2.05) is 36.4 Å². The third-order valence-corrected chi connectivity index (χ3v) is 7.45. The molecule has 8 heteroatoms. The van der Waals surface area contributed by atoms with Crippen molar-refractivity contribution in [1.82, 2.24) is 4.90 Å². The molecule has 1 aliphatic heterocycles. The molecule has 3 aromatic carbocycles. The first-order valence-corrected chi connectivity index (χ1v) is 12.1. The van der Waals surface area contributed by atoms with Crippen LogP contribution in [0.3, 0.4) is 0 Å². The molecule has 0 aliphatic carbocycles. The lowest BCUT2D eigenvalue weighted by atomic mass is 10.0. The molecule has 0 aromatic heterocycles. The van der Waals surface area contributed by atoms with Crippen molar-refractivity contribution in [3.8, 4) is 22.6 Å². The Kier molecular flexibility index (Phi) is 6.13. The number of phenols is 1. The van der Waals surface area contributed by atoms with Crippen molar-refractivity contribution in [3.05, 3.63) is 76.8 Å². The molecule has 0 atom stereocenters. The van der Waals surface area contributed by atoms with Gasteiger partial charge in [0.2, 0.25) is 0 Å². The Morgan fingerprint density at radius 2 is 1.78 bits per heavy atom. The maximum atomic E-state index is 13.3. The van der Waals surface area contributed by atoms with Gasteiger partial charge in [0.25, 0.3) is 5.91 Å². The van der Waals surface area contributed by atoms with E-state index >= 15 is 0 Å². The molecule has 166 valence electrons. The Hall–Kier alpha value is -3.03. The fourth-order valence-corrected chi connectivity index (χ4v) is 5.40. The average molecular weight is 472 g/mol. The van der Waals surface area contributed by atoms with Crippen LogP contribution in [-0.2, 0) is 15.6 Å². The Bertz CT molecular complexity index is 1270. The second-order valence-corrected chi connectivity index (χ2v) is 9.97. The monoisotopic (exact) mass is 471 g/mol. The van der Waals surface area contributed by atoms with Gasteiger partial charge >= 0.3 is 0 Å². The number of aromatic hydroxyl groups is 1. The topological polar surface area (TPSA) is 83.9 Å². The molecule has 1 saturated heterocycles. The minimum atomic E-state index is -4.05. The molecule has 6 nitrogen and oxygen atoms in total. The molecule has 1 fully saturated rings. The Morgan fingerprint density at radius 1 is 1.06 bits per heavy atom. The van der Waals surface area contributed by atoms with E-state index in [9.17, 15) is 18.3 Å². The number of nitrogens with zero attached hydrogens (tertiary/aromatic N) is 1. The van der Waals surface area contributed by atoms with Crippen molar-refractivity contribution >= 4 is 27.3 Å². The predicted octanol–water partition coefficient (Wildman–Crippen LogP) is 4.54. The Labute approximate surface area is 191 Å². The highest BCUT2D eigenvalue weighted by atomic mass is 35.5. The van der Waals surface area contributed by atoms with Crippen LogP contribution in [0.4, 0.5) is 0 Å². The number of halogens is 1. The number of hydrogen-bond acceptors (Lipinski definition) is 5. The van der Waals surface area contributed by atoms with Crippen molar-refractivity contribution in [2.75, 3.05) is 20.2 Å². The second-order valence-electron chi connectivity index (χ2n) is 7.60. The summed E-state index contributed by atoms with van der Waals surface area (Å²) in [5.74, 6) is -0.892. The summed E-state index contributed by atoms with van der Waals surface area (Å²) in [5.41, 5.74) is 2.34. The van der Waals surface area contributed by atoms with Crippen LogP contribution in [-0.4, -0.2) is 44.5 Å². The quantitative estimate of drug-likeness (QED) is 0.570. The molecule has 1 N–H and O–H groups in total. The largest absolute Gasteiger partial charge is 0.505 e. The van der Waals surface area contributed by atoms with Gasteiger partial charge in [-0.1, -0.05) is 48.0 Å². The van der Waals surface area contributed by atoms with E-state index in [2.05, 4.69) is 0 Å². The molecule has 1 heterocycles. The highest BCUT2D eigenvalue weighted by Crippen LogP contribution is 2.36. The van der Waals surface area contributed by atoms with Gasteiger partial charge < -0.3 is 14.7 Å². The minimum Gasteiger partial charge on any atom is -0.505 e. The summed E-state index contributed by atoms with van der Waals surface area (Å²) in [6.45, 7) is 1.23. The van der Waals surface area contributed by atoms with Crippen molar-refractivity contribution in [2.45, 2.75) is 17.1 Å². The first-order valence-electron chi connectivity index (χ1n) is 10.1. The molecular formula is C24H22ClNO5S. The smallest absolute Gasteiger partial charge is 0.253 e. The zero-order valence-corrected chi connectivity index (χ0v) is 19.0. The summed E-state index contributed by atoms with van der Waals surface area (Å²) in [4.78, 5) is 13.8. The van der Waals surface area contributed by atoms with Gasteiger partial charge in [0, 0.05) is 24.2 Å². The summed E-state index contributed by atoms with van der Waals surface area (Å²) in [6.07, 6.45) is 0.903.